The Bertz CT molecular complexity index is 537. The highest BCUT2D eigenvalue weighted by molar-refractivity contribution is 6.30. The van der Waals surface area contributed by atoms with Crippen LogP contribution in [0.15, 0.2) is 36.5 Å². The van der Waals surface area contributed by atoms with E-state index in [0.717, 1.165) is 11.4 Å². The van der Waals surface area contributed by atoms with Gasteiger partial charge in [0.25, 0.3) is 0 Å². The summed E-state index contributed by atoms with van der Waals surface area (Å²) in [6.45, 7) is 0. The summed E-state index contributed by atoms with van der Waals surface area (Å²) in [5.74, 6) is -0.817. The third kappa shape index (κ3) is 3.07. The molecular weight excluding hydrogens is 240 g/mol. The molecule has 0 radical (unpaired) electrons. The van der Waals surface area contributed by atoms with Gasteiger partial charge in [-0.15, -0.1) is 0 Å². The van der Waals surface area contributed by atoms with Gasteiger partial charge in [-0.25, -0.2) is 4.68 Å². The Hall–Kier alpha value is -1.81. The number of aryl methyl sites for hydroxylation is 1. The van der Waals surface area contributed by atoms with Crippen molar-refractivity contribution in [2.45, 2.75) is 12.8 Å². The van der Waals surface area contributed by atoms with Crippen LogP contribution in [0.2, 0.25) is 5.02 Å². The van der Waals surface area contributed by atoms with Crippen LogP contribution in [0.25, 0.3) is 5.69 Å². The molecule has 88 valence electrons. The molecule has 2 aromatic rings. The molecule has 2 rings (SSSR count). The molecule has 0 aliphatic carbocycles. The van der Waals surface area contributed by atoms with Gasteiger partial charge in [-0.3, -0.25) is 4.79 Å². The van der Waals surface area contributed by atoms with Crippen molar-refractivity contribution in [3.05, 3.63) is 47.2 Å². The van der Waals surface area contributed by atoms with E-state index in [9.17, 15) is 4.79 Å². The number of hydrogen-bond donors (Lipinski definition) is 1. The Balaban J connectivity index is 2.15. The van der Waals surface area contributed by atoms with E-state index in [1.54, 1.807) is 23.0 Å². The van der Waals surface area contributed by atoms with E-state index < -0.39 is 5.97 Å². The van der Waals surface area contributed by atoms with Gasteiger partial charge in [0.05, 0.1) is 17.8 Å². The van der Waals surface area contributed by atoms with Gasteiger partial charge in [-0.1, -0.05) is 17.7 Å². The van der Waals surface area contributed by atoms with Crippen molar-refractivity contribution in [1.82, 2.24) is 9.78 Å². The Labute approximate surface area is 103 Å². The SMILES string of the molecule is O=C(O)CCc1ccn(-c2cccc(Cl)c2)n1. The molecule has 0 amide bonds. The molecule has 0 atom stereocenters. The number of aliphatic carboxylic acids is 1. The fourth-order valence-corrected chi connectivity index (χ4v) is 1.68. The highest BCUT2D eigenvalue weighted by atomic mass is 35.5. The molecule has 4 nitrogen and oxygen atoms in total. The first kappa shape index (κ1) is 11.7. The van der Waals surface area contributed by atoms with Gasteiger partial charge in [0.2, 0.25) is 0 Å². The molecule has 0 fully saturated rings. The van der Waals surface area contributed by atoms with Gasteiger partial charge in [0, 0.05) is 17.6 Å². The van der Waals surface area contributed by atoms with Gasteiger partial charge in [0.15, 0.2) is 0 Å². The molecule has 0 spiro atoms. The molecule has 0 aliphatic rings. The lowest BCUT2D eigenvalue weighted by molar-refractivity contribution is -0.136. The quantitative estimate of drug-likeness (QED) is 0.907. The van der Waals surface area contributed by atoms with Gasteiger partial charge >= 0.3 is 5.97 Å². The molecule has 1 aromatic heterocycles. The first-order chi connectivity index (χ1) is 8.15. The van der Waals surface area contributed by atoms with Crippen molar-refractivity contribution < 1.29 is 9.90 Å². The van der Waals surface area contributed by atoms with Crippen LogP contribution in [0.4, 0.5) is 0 Å². The fraction of sp³-hybridized carbons (Fsp3) is 0.167. The number of carboxylic acid groups (broad SMARTS) is 1. The van der Waals surface area contributed by atoms with Crippen molar-refractivity contribution in [2.24, 2.45) is 0 Å². The number of hydrogen-bond acceptors (Lipinski definition) is 2. The first-order valence-electron chi connectivity index (χ1n) is 5.17. The minimum Gasteiger partial charge on any atom is -0.481 e. The zero-order valence-corrected chi connectivity index (χ0v) is 9.76. The summed E-state index contributed by atoms with van der Waals surface area (Å²) >= 11 is 5.89. The maximum absolute atomic E-state index is 10.4. The van der Waals surface area contributed by atoms with E-state index in [4.69, 9.17) is 16.7 Å². The number of carbonyl (C=O) groups is 1. The highest BCUT2D eigenvalue weighted by Gasteiger charge is 2.04. The lowest BCUT2D eigenvalue weighted by atomic mass is 10.2. The largest absolute Gasteiger partial charge is 0.481 e. The predicted octanol–water partition coefficient (Wildman–Crippen LogP) is 2.54. The van der Waals surface area contributed by atoms with Crippen LogP contribution < -0.4 is 0 Å². The molecular formula is C12H11ClN2O2. The second-order valence-electron chi connectivity index (χ2n) is 3.63. The molecule has 17 heavy (non-hydrogen) atoms. The summed E-state index contributed by atoms with van der Waals surface area (Å²) in [7, 11) is 0. The number of nitrogens with zero attached hydrogens (tertiary/aromatic N) is 2. The molecule has 1 heterocycles. The predicted molar refractivity (Wildman–Crippen MR) is 64.5 cm³/mol. The van der Waals surface area contributed by atoms with E-state index >= 15 is 0 Å². The average molecular weight is 251 g/mol. The molecule has 0 saturated heterocycles. The van der Waals surface area contributed by atoms with Crippen LogP contribution in [0.1, 0.15) is 12.1 Å². The third-order valence-corrected chi connectivity index (χ3v) is 2.55. The van der Waals surface area contributed by atoms with Gasteiger partial charge in [0.1, 0.15) is 0 Å². The van der Waals surface area contributed by atoms with Crippen molar-refractivity contribution in [3.8, 4) is 5.69 Å². The lowest BCUT2D eigenvalue weighted by Crippen LogP contribution is -2.00. The summed E-state index contributed by atoms with van der Waals surface area (Å²) in [5, 5.41) is 13.5. The Morgan fingerprint density at radius 3 is 2.94 bits per heavy atom. The molecule has 1 aromatic carbocycles. The summed E-state index contributed by atoms with van der Waals surface area (Å²) in [6.07, 6.45) is 2.32. The Morgan fingerprint density at radius 1 is 1.41 bits per heavy atom. The zero-order valence-electron chi connectivity index (χ0n) is 9.01. The van der Waals surface area contributed by atoms with Crippen LogP contribution >= 0.6 is 11.6 Å². The van der Waals surface area contributed by atoms with E-state index in [0.29, 0.717) is 11.4 Å². The van der Waals surface area contributed by atoms with Gasteiger partial charge < -0.3 is 5.11 Å². The molecule has 0 unspecified atom stereocenters. The lowest BCUT2D eigenvalue weighted by Gasteiger charge is -2.01. The fourth-order valence-electron chi connectivity index (χ4n) is 1.49. The molecule has 0 aliphatic heterocycles. The monoisotopic (exact) mass is 250 g/mol. The minimum absolute atomic E-state index is 0.0898. The van der Waals surface area contributed by atoms with Crippen molar-refractivity contribution >= 4 is 17.6 Å². The van der Waals surface area contributed by atoms with Crippen molar-refractivity contribution in [1.29, 1.82) is 0 Å². The molecule has 0 bridgehead atoms. The van der Waals surface area contributed by atoms with E-state index in [-0.39, 0.29) is 6.42 Å². The van der Waals surface area contributed by atoms with Crippen LogP contribution in [0.3, 0.4) is 0 Å². The maximum atomic E-state index is 10.4. The van der Waals surface area contributed by atoms with Crippen molar-refractivity contribution in [2.75, 3.05) is 0 Å². The van der Waals surface area contributed by atoms with Gasteiger partial charge in [-0.05, 0) is 24.3 Å². The molecule has 0 saturated carbocycles. The second-order valence-corrected chi connectivity index (χ2v) is 4.06. The summed E-state index contributed by atoms with van der Waals surface area (Å²) < 4.78 is 1.68. The minimum atomic E-state index is -0.817. The number of benzene rings is 1. The van der Waals surface area contributed by atoms with E-state index in [1.165, 1.54) is 0 Å². The number of carboxylic acids is 1. The van der Waals surface area contributed by atoms with Crippen LogP contribution in [-0.4, -0.2) is 20.9 Å². The van der Waals surface area contributed by atoms with Crippen LogP contribution in [0, 0.1) is 0 Å². The number of rotatable bonds is 4. The van der Waals surface area contributed by atoms with E-state index in [1.807, 2.05) is 18.2 Å². The summed E-state index contributed by atoms with van der Waals surface area (Å²) in [5.41, 5.74) is 1.62. The topological polar surface area (TPSA) is 55.1 Å². The van der Waals surface area contributed by atoms with Crippen LogP contribution in [0.5, 0.6) is 0 Å². The third-order valence-electron chi connectivity index (χ3n) is 2.31. The van der Waals surface area contributed by atoms with Crippen molar-refractivity contribution in [3.63, 3.8) is 0 Å². The smallest absolute Gasteiger partial charge is 0.303 e. The summed E-state index contributed by atoms with van der Waals surface area (Å²) in [6, 6.07) is 9.13. The maximum Gasteiger partial charge on any atom is 0.303 e. The van der Waals surface area contributed by atoms with Crippen LogP contribution in [-0.2, 0) is 11.2 Å². The Morgan fingerprint density at radius 2 is 2.24 bits per heavy atom. The standard InChI is InChI=1S/C12H11ClN2O2/c13-9-2-1-3-11(8-9)15-7-6-10(14-15)4-5-12(16)17/h1-3,6-8H,4-5H2,(H,16,17). The Kier molecular flexibility index (Phi) is 3.44. The van der Waals surface area contributed by atoms with Gasteiger partial charge in [-0.2, -0.15) is 5.10 Å². The number of aromatic nitrogens is 2. The molecule has 5 heteroatoms. The molecule has 1 N–H and O–H groups in total. The second kappa shape index (κ2) is 5.01. The zero-order chi connectivity index (χ0) is 12.3. The average Bonchev–Trinajstić information content (AvgIpc) is 2.75. The first-order valence-corrected chi connectivity index (χ1v) is 5.55. The number of halogens is 1. The highest BCUT2D eigenvalue weighted by Crippen LogP contribution is 2.14. The normalized spacial score (nSPS) is 10.4. The summed E-state index contributed by atoms with van der Waals surface area (Å²) in [4.78, 5) is 10.4. The van der Waals surface area contributed by atoms with E-state index in [2.05, 4.69) is 5.10 Å².